The molecule has 2 rings (SSSR count). The van der Waals surface area contributed by atoms with Gasteiger partial charge in [0.2, 0.25) is 5.13 Å². The fourth-order valence-electron chi connectivity index (χ4n) is 1.72. The molecule has 21 heavy (non-hydrogen) atoms. The SMILES string of the molecule is CC(C)Cc1nnc(NC(=O)c2cccc(C(N)=S)c2)s1. The number of hydrogen-bond donors (Lipinski definition) is 2. The summed E-state index contributed by atoms with van der Waals surface area (Å²) < 4.78 is 0. The van der Waals surface area contributed by atoms with Crippen molar-refractivity contribution in [2.45, 2.75) is 20.3 Å². The fraction of sp³-hybridized carbons (Fsp3) is 0.286. The Morgan fingerprint density at radius 2 is 2.10 bits per heavy atom. The molecule has 0 saturated heterocycles. The predicted octanol–water partition coefficient (Wildman–Crippen LogP) is 2.62. The maximum Gasteiger partial charge on any atom is 0.257 e. The minimum atomic E-state index is -0.250. The molecule has 7 heteroatoms. The first-order valence-electron chi connectivity index (χ1n) is 6.49. The number of benzene rings is 1. The minimum absolute atomic E-state index is 0.250. The number of carbonyl (C=O) groups is 1. The van der Waals surface area contributed by atoms with Crippen LogP contribution in [0.15, 0.2) is 24.3 Å². The quantitative estimate of drug-likeness (QED) is 0.828. The first-order chi connectivity index (χ1) is 9.95. The Balaban J connectivity index is 2.09. The molecule has 0 atom stereocenters. The van der Waals surface area contributed by atoms with Crippen LogP contribution in [-0.4, -0.2) is 21.1 Å². The van der Waals surface area contributed by atoms with Crippen LogP contribution in [0.5, 0.6) is 0 Å². The molecule has 0 aliphatic rings. The van der Waals surface area contributed by atoms with Crippen LogP contribution in [0, 0.1) is 5.92 Å². The lowest BCUT2D eigenvalue weighted by Gasteiger charge is -2.03. The Morgan fingerprint density at radius 3 is 2.76 bits per heavy atom. The summed E-state index contributed by atoms with van der Waals surface area (Å²) in [7, 11) is 0. The molecule has 0 unspecified atom stereocenters. The molecule has 0 spiro atoms. The lowest BCUT2D eigenvalue weighted by molar-refractivity contribution is 0.102. The van der Waals surface area contributed by atoms with Crippen molar-refractivity contribution >= 4 is 39.6 Å². The third kappa shape index (κ3) is 4.30. The van der Waals surface area contributed by atoms with Gasteiger partial charge in [-0.05, 0) is 18.1 Å². The van der Waals surface area contributed by atoms with E-state index in [1.54, 1.807) is 24.3 Å². The van der Waals surface area contributed by atoms with Crippen molar-refractivity contribution in [3.63, 3.8) is 0 Å². The van der Waals surface area contributed by atoms with Gasteiger partial charge in [0, 0.05) is 17.5 Å². The Bertz CT molecular complexity index is 666. The summed E-state index contributed by atoms with van der Waals surface area (Å²) in [6.45, 7) is 4.22. The molecule has 3 N–H and O–H groups in total. The van der Waals surface area contributed by atoms with Gasteiger partial charge >= 0.3 is 0 Å². The highest BCUT2D eigenvalue weighted by molar-refractivity contribution is 7.80. The highest BCUT2D eigenvalue weighted by Crippen LogP contribution is 2.19. The molecule has 1 heterocycles. The maximum absolute atomic E-state index is 12.2. The van der Waals surface area contributed by atoms with Crippen molar-refractivity contribution in [1.82, 2.24) is 10.2 Å². The van der Waals surface area contributed by atoms with Crippen LogP contribution < -0.4 is 11.1 Å². The number of nitrogens with two attached hydrogens (primary N) is 1. The lowest BCUT2D eigenvalue weighted by atomic mass is 10.1. The van der Waals surface area contributed by atoms with Crippen molar-refractivity contribution in [2.75, 3.05) is 5.32 Å². The second-order valence-corrected chi connectivity index (χ2v) is 6.50. The standard InChI is InChI=1S/C14H16N4OS2/c1-8(2)6-11-17-18-14(21-11)16-13(19)10-5-3-4-9(7-10)12(15)20/h3-5,7-8H,6H2,1-2H3,(H2,15,20)(H,16,18,19). The lowest BCUT2D eigenvalue weighted by Crippen LogP contribution is -2.14. The smallest absolute Gasteiger partial charge is 0.257 e. The molecule has 0 radical (unpaired) electrons. The van der Waals surface area contributed by atoms with Crippen LogP contribution in [-0.2, 0) is 6.42 Å². The second kappa shape index (κ2) is 6.73. The normalized spacial score (nSPS) is 10.6. The molecule has 2 aromatic rings. The van der Waals surface area contributed by atoms with Crippen LogP contribution in [0.25, 0.3) is 0 Å². The second-order valence-electron chi connectivity index (χ2n) is 5.00. The maximum atomic E-state index is 12.2. The van der Waals surface area contributed by atoms with E-state index in [0.717, 1.165) is 11.4 Å². The van der Waals surface area contributed by atoms with Gasteiger partial charge in [0.1, 0.15) is 10.00 Å². The van der Waals surface area contributed by atoms with Crippen LogP contribution >= 0.6 is 23.6 Å². The number of rotatable bonds is 5. The van der Waals surface area contributed by atoms with Crippen molar-refractivity contribution in [1.29, 1.82) is 0 Å². The average Bonchev–Trinajstić information content (AvgIpc) is 2.85. The Kier molecular flexibility index (Phi) is 4.98. The number of carbonyl (C=O) groups excluding carboxylic acids is 1. The van der Waals surface area contributed by atoms with Crippen LogP contribution in [0.2, 0.25) is 0 Å². The minimum Gasteiger partial charge on any atom is -0.389 e. The van der Waals surface area contributed by atoms with E-state index in [1.807, 2.05) is 0 Å². The summed E-state index contributed by atoms with van der Waals surface area (Å²) in [4.78, 5) is 12.4. The van der Waals surface area contributed by atoms with Crippen LogP contribution in [0.1, 0.15) is 34.8 Å². The molecule has 1 aromatic carbocycles. The van der Waals surface area contributed by atoms with Crippen molar-refractivity contribution in [2.24, 2.45) is 11.7 Å². The Labute approximate surface area is 132 Å². The molecule has 0 saturated carbocycles. The Morgan fingerprint density at radius 1 is 1.38 bits per heavy atom. The highest BCUT2D eigenvalue weighted by Gasteiger charge is 2.11. The first kappa shape index (κ1) is 15.5. The molecule has 0 aliphatic carbocycles. The van der Waals surface area contributed by atoms with Gasteiger partial charge in [-0.25, -0.2) is 0 Å². The topological polar surface area (TPSA) is 80.9 Å². The summed E-state index contributed by atoms with van der Waals surface area (Å²) in [5, 5.41) is 12.2. The molecular weight excluding hydrogens is 304 g/mol. The van der Waals surface area contributed by atoms with E-state index < -0.39 is 0 Å². The summed E-state index contributed by atoms with van der Waals surface area (Å²) >= 11 is 6.30. The van der Waals surface area contributed by atoms with Gasteiger partial charge in [-0.1, -0.05) is 49.5 Å². The number of anilines is 1. The number of hydrogen-bond acceptors (Lipinski definition) is 5. The van der Waals surface area contributed by atoms with Crippen molar-refractivity contribution in [3.05, 3.63) is 40.4 Å². The molecule has 0 aliphatic heterocycles. The molecule has 0 bridgehead atoms. The van der Waals surface area contributed by atoms with Crippen molar-refractivity contribution < 1.29 is 4.79 Å². The zero-order valence-electron chi connectivity index (χ0n) is 11.8. The summed E-state index contributed by atoms with van der Waals surface area (Å²) in [5.74, 6) is 0.254. The summed E-state index contributed by atoms with van der Waals surface area (Å²) in [6.07, 6.45) is 0.852. The van der Waals surface area contributed by atoms with Gasteiger partial charge in [0.25, 0.3) is 5.91 Å². The van der Waals surface area contributed by atoms with E-state index in [2.05, 4.69) is 29.4 Å². The average molecular weight is 320 g/mol. The third-order valence-electron chi connectivity index (χ3n) is 2.68. The first-order valence-corrected chi connectivity index (χ1v) is 7.71. The zero-order chi connectivity index (χ0) is 15.4. The fourth-order valence-corrected chi connectivity index (χ4v) is 2.79. The van der Waals surface area contributed by atoms with Crippen molar-refractivity contribution in [3.8, 4) is 0 Å². The monoisotopic (exact) mass is 320 g/mol. The molecular formula is C14H16N4OS2. The zero-order valence-corrected chi connectivity index (χ0v) is 13.4. The number of nitrogens with one attached hydrogen (secondary N) is 1. The van der Waals surface area contributed by atoms with Gasteiger partial charge in [0.15, 0.2) is 0 Å². The highest BCUT2D eigenvalue weighted by atomic mass is 32.1. The van der Waals surface area contributed by atoms with E-state index >= 15 is 0 Å². The molecule has 1 amide bonds. The third-order valence-corrected chi connectivity index (χ3v) is 3.78. The van der Waals surface area contributed by atoms with E-state index in [9.17, 15) is 4.79 Å². The van der Waals surface area contributed by atoms with E-state index in [0.29, 0.717) is 22.2 Å². The van der Waals surface area contributed by atoms with Gasteiger partial charge in [-0.2, -0.15) is 0 Å². The summed E-state index contributed by atoms with van der Waals surface area (Å²) in [6, 6.07) is 6.87. The largest absolute Gasteiger partial charge is 0.389 e. The van der Waals surface area contributed by atoms with Gasteiger partial charge < -0.3 is 5.73 Å². The molecule has 0 fully saturated rings. The van der Waals surface area contributed by atoms with Gasteiger partial charge in [0.05, 0.1) is 0 Å². The molecule has 110 valence electrons. The van der Waals surface area contributed by atoms with Crippen LogP contribution in [0.3, 0.4) is 0 Å². The number of aromatic nitrogens is 2. The van der Waals surface area contributed by atoms with E-state index in [1.165, 1.54) is 11.3 Å². The van der Waals surface area contributed by atoms with E-state index in [-0.39, 0.29) is 10.9 Å². The Hall–Kier alpha value is -1.86. The number of nitrogens with zero attached hydrogens (tertiary/aromatic N) is 2. The van der Waals surface area contributed by atoms with E-state index in [4.69, 9.17) is 18.0 Å². The van der Waals surface area contributed by atoms with Crippen LogP contribution in [0.4, 0.5) is 5.13 Å². The summed E-state index contributed by atoms with van der Waals surface area (Å²) in [5.41, 5.74) is 6.71. The van der Waals surface area contributed by atoms with Gasteiger partial charge in [-0.3, -0.25) is 10.1 Å². The predicted molar refractivity (Wildman–Crippen MR) is 88.7 cm³/mol. The number of amides is 1. The van der Waals surface area contributed by atoms with Gasteiger partial charge in [-0.15, -0.1) is 10.2 Å². The molecule has 1 aromatic heterocycles. The number of thiocarbonyl (C=S) groups is 1. The molecule has 5 nitrogen and oxygen atoms in total.